The van der Waals surface area contributed by atoms with E-state index >= 15 is 0 Å². The van der Waals surface area contributed by atoms with Crippen LogP contribution in [0.5, 0.6) is 0 Å². The monoisotopic (exact) mass is 1670 g/mol. The third-order valence-electron chi connectivity index (χ3n) is 25.5. The van der Waals surface area contributed by atoms with Crippen molar-refractivity contribution >= 4 is 58.0 Å². The second kappa shape index (κ2) is 94.2. The molecule has 2 rings (SSSR count). The first-order chi connectivity index (χ1) is 56.1. The van der Waals surface area contributed by atoms with Crippen molar-refractivity contribution in [2.45, 2.75) is 614 Å². The molecule has 0 heterocycles. The minimum Gasteiger partial charge on any atom is -0.744 e. The third kappa shape index (κ3) is 89.6. The Balaban J connectivity index is 0.00000224. The molecule has 0 saturated carbocycles. The van der Waals surface area contributed by atoms with Gasteiger partial charge in [0.25, 0.3) is 0 Å². The first kappa shape index (κ1) is 115. The topological polar surface area (TPSA) is 114 Å². The normalized spacial score (nSPS) is 11.8. The summed E-state index contributed by atoms with van der Waals surface area (Å²) in [7, 11) is -8.70. The first-order valence-electron chi connectivity index (χ1n) is 52.2. The van der Waals surface area contributed by atoms with Crippen LogP contribution < -0.4 is 0 Å². The molecule has 115 heavy (non-hydrogen) atoms. The molecule has 672 valence electrons. The maximum Gasteiger partial charge on any atom is 2.00 e. The van der Waals surface area contributed by atoms with Crippen LogP contribution in [0.2, 0.25) is 0 Å². The van der Waals surface area contributed by atoms with E-state index in [0.717, 1.165) is 36.8 Å². The maximum atomic E-state index is 11.2. The molecule has 0 radical (unpaired) electrons. The molecule has 0 unspecified atom stereocenters. The van der Waals surface area contributed by atoms with Crippen molar-refractivity contribution in [2.75, 3.05) is 0 Å². The van der Waals surface area contributed by atoms with Crippen molar-refractivity contribution in [2.24, 2.45) is 0 Å². The molecule has 0 atom stereocenters. The van der Waals surface area contributed by atoms with Crippen LogP contribution >= 0.6 is 0 Å². The SMILES string of the molecule is CCCCCCCCCCCCCCCCCCCCCCCCCCCCCCCCCCCCCCCCCCCCCCCc1cccc(S(=O)(=O)[O-])c1.CCCCCCCCCCCCCCCCCCCCCCCCCCCCCCCCCCCCCCCCCCCCCCCc1cccc(S(=O)(=O)[O-])c1.[Ca+2]. The Hall–Kier alpha value is -0.480. The Morgan fingerprint density at radius 3 is 0.383 bits per heavy atom. The number of rotatable bonds is 94. The average molecular weight is 1670 g/mol. The van der Waals surface area contributed by atoms with E-state index in [1.807, 2.05) is 12.1 Å². The summed E-state index contributed by atoms with van der Waals surface area (Å²) in [5, 5.41) is 0. The molecule has 0 N–H and O–H groups in total. The van der Waals surface area contributed by atoms with Crippen LogP contribution in [-0.4, -0.2) is 63.7 Å². The van der Waals surface area contributed by atoms with E-state index in [2.05, 4.69) is 13.8 Å². The van der Waals surface area contributed by atoms with Crippen molar-refractivity contribution in [3.05, 3.63) is 59.7 Å². The van der Waals surface area contributed by atoms with Gasteiger partial charge in [0, 0.05) is 0 Å². The van der Waals surface area contributed by atoms with E-state index in [1.54, 1.807) is 12.1 Å². The van der Waals surface area contributed by atoms with Gasteiger partial charge in [0.2, 0.25) is 0 Å². The van der Waals surface area contributed by atoms with Crippen LogP contribution in [0.1, 0.15) is 603 Å². The van der Waals surface area contributed by atoms with Gasteiger partial charge in [-0.15, -0.1) is 0 Å². The van der Waals surface area contributed by atoms with Gasteiger partial charge in [0.1, 0.15) is 20.2 Å². The number of hydrogen-bond donors (Lipinski definition) is 0. The number of benzene rings is 2. The van der Waals surface area contributed by atoms with E-state index in [-0.39, 0.29) is 47.5 Å². The molecule has 0 aromatic heterocycles. The van der Waals surface area contributed by atoms with Crippen LogP contribution in [0.25, 0.3) is 0 Å². The zero-order valence-corrected chi connectivity index (χ0v) is 81.5. The number of unbranched alkanes of at least 4 members (excludes halogenated alkanes) is 88. The molecular formula is C106H198CaO6S2. The summed E-state index contributed by atoms with van der Waals surface area (Å²) in [6.45, 7) is 4.61. The van der Waals surface area contributed by atoms with Crippen molar-refractivity contribution in [1.82, 2.24) is 0 Å². The van der Waals surface area contributed by atoms with Crippen LogP contribution in [0.15, 0.2) is 58.3 Å². The summed E-state index contributed by atoms with van der Waals surface area (Å²) in [4.78, 5) is -0.209. The summed E-state index contributed by atoms with van der Waals surface area (Å²) < 4.78 is 67.1. The van der Waals surface area contributed by atoms with Crippen LogP contribution in [0, 0.1) is 0 Å². The van der Waals surface area contributed by atoms with Gasteiger partial charge in [0.05, 0.1) is 9.79 Å². The molecule has 0 amide bonds. The van der Waals surface area contributed by atoms with Gasteiger partial charge in [-0.05, 0) is 61.1 Å². The van der Waals surface area contributed by atoms with E-state index in [9.17, 15) is 25.9 Å². The van der Waals surface area contributed by atoms with Crippen LogP contribution in [0.3, 0.4) is 0 Å². The summed E-state index contributed by atoms with van der Waals surface area (Å²) in [6, 6.07) is 13.0. The molecule has 0 aliphatic rings. The molecule has 2 aromatic rings. The Kier molecular flexibility index (Phi) is 93.8. The molecule has 0 bridgehead atoms. The molecule has 0 saturated heterocycles. The van der Waals surface area contributed by atoms with Crippen molar-refractivity contribution in [3.63, 3.8) is 0 Å². The molecule has 9 heteroatoms. The largest absolute Gasteiger partial charge is 2.00 e. The summed E-state index contributed by atoms with van der Waals surface area (Å²) in [5.41, 5.74) is 1.91. The summed E-state index contributed by atoms with van der Waals surface area (Å²) in [6.07, 6.45) is 131. The Bertz CT molecular complexity index is 2250. The summed E-state index contributed by atoms with van der Waals surface area (Å²) >= 11 is 0. The quantitative estimate of drug-likeness (QED) is 0.0370. The third-order valence-corrected chi connectivity index (χ3v) is 27.2. The van der Waals surface area contributed by atoms with Crippen LogP contribution in [0.4, 0.5) is 0 Å². The van der Waals surface area contributed by atoms with Crippen molar-refractivity contribution in [1.29, 1.82) is 0 Å². The predicted octanol–water partition coefficient (Wildman–Crippen LogP) is 37.0. The fourth-order valence-corrected chi connectivity index (χ4v) is 18.8. The molecule has 2 aromatic carbocycles. The van der Waals surface area contributed by atoms with Gasteiger partial charge in [0.15, 0.2) is 0 Å². The van der Waals surface area contributed by atoms with Gasteiger partial charge in [-0.1, -0.05) is 603 Å². The molecule has 0 aliphatic carbocycles. The minimum atomic E-state index is -4.35. The number of aryl methyl sites for hydroxylation is 2. The fourth-order valence-electron chi connectivity index (χ4n) is 17.7. The second-order valence-electron chi connectivity index (χ2n) is 36.8. The Morgan fingerprint density at radius 1 is 0.174 bits per heavy atom. The van der Waals surface area contributed by atoms with Crippen molar-refractivity contribution in [3.8, 4) is 0 Å². The molecule has 6 nitrogen and oxygen atoms in total. The standard InChI is InChI=1S/2C53H100O3S.Ca/c2*1-2-3-4-5-6-7-8-9-10-11-12-13-14-15-16-17-18-19-20-21-22-23-24-25-26-27-28-29-30-31-32-33-34-35-36-37-38-39-40-41-42-43-44-45-46-48-52-49-47-50-53(51-52)57(54,55)56;/h2*47,49-51H,2-46,48H2,1H3,(H,54,55,56);/q;;+2/p-2. The number of hydrogen-bond acceptors (Lipinski definition) is 6. The smallest absolute Gasteiger partial charge is 0.744 e. The minimum absolute atomic E-state index is 0. The first-order valence-corrected chi connectivity index (χ1v) is 55.0. The van der Waals surface area contributed by atoms with Gasteiger partial charge in [-0.2, -0.15) is 0 Å². The molecule has 0 spiro atoms. The molecule has 0 aliphatic heterocycles. The molecular weight excluding hydrogens is 1470 g/mol. The maximum absolute atomic E-state index is 11.2. The zero-order chi connectivity index (χ0) is 82.0. The Morgan fingerprint density at radius 2 is 0.278 bits per heavy atom. The molecule has 0 fully saturated rings. The van der Waals surface area contributed by atoms with E-state index < -0.39 is 20.2 Å². The van der Waals surface area contributed by atoms with Gasteiger partial charge in [-0.3, -0.25) is 0 Å². The Labute approximate surface area is 751 Å². The second-order valence-corrected chi connectivity index (χ2v) is 39.6. The van der Waals surface area contributed by atoms with Crippen LogP contribution in [-0.2, 0) is 33.1 Å². The average Bonchev–Trinajstić information content (AvgIpc) is 0.863. The van der Waals surface area contributed by atoms with Crippen molar-refractivity contribution < 1.29 is 25.9 Å². The van der Waals surface area contributed by atoms with E-state index in [1.165, 1.54) is 589 Å². The van der Waals surface area contributed by atoms with E-state index in [4.69, 9.17) is 0 Å². The van der Waals surface area contributed by atoms with Gasteiger partial charge < -0.3 is 9.11 Å². The fraction of sp³-hybridized carbons (Fsp3) is 0.887. The van der Waals surface area contributed by atoms with Gasteiger partial charge in [-0.25, -0.2) is 16.8 Å². The predicted molar refractivity (Wildman–Crippen MR) is 509 cm³/mol. The summed E-state index contributed by atoms with van der Waals surface area (Å²) in [5.74, 6) is 0. The zero-order valence-electron chi connectivity index (χ0n) is 77.6. The van der Waals surface area contributed by atoms with E-state index in [0.29, 0.717) is 0 Å². The van der Waals surface area contributed by atoms with Gasteiger partial charge >= 0.3 is 37.7 Å².